The summed E-state index contributed by atoms with van der Waals surface area (Å²) in [5.41, 5.74) is 3.19. The highest BCUT2D eigenvalue weighted by Crippen LogP contribution is 2.28. The van der Waals surface area contributed by atoms with Crippen molar-refractivity contribution in [3.63, 3.8) is 0 Å². The first-order valence-corrected chi connectivity index (χ1v) is 11.9. The van der Waals surface area contributed by atoms with Gasteiger partial charge in [-0.25, -0.2) is 8.42 Å². The Morgan fingerprint density at radius 1 is 0.939 bits per heavy atom. The van der Waals surface area contributed by atoms with Crippen LogP contribution in [0, 0.1) is 13.8 Å². The fourth-order valence-electron chi connectivity index (χ4n) is 3.25. The Morgan fingerprint density at radius 3 is 2.33 bits per heavy atom. The summed E-state index contributed by atoms with van der Waals surface area (Å²) in [7, 11) is -0.940. The number of halogens is 1. The summed E-state index contributed by atoms with van der Waals surface area (Å²) in [6, 6.07) is 14.8. The number of nitrogens with one attached hydrogen (secondary N) is 2. The number of rotatable bonds is 8. The van der Waals surface area contributed by atoms with Crippen molar-refractivity contribution in [2.45, 2.75) is 25.3 Å². The molecule has 7 nitrogen and oxygen atoms in total. The van der Waals surface area contributed by atoms with Crippen LogP contribution in [0.4, 0.5) is 5.69 Å². The van der Waals surface area contributed by atoms with Gasteiger partial charge in [0.25, 0.3) is 15.9 Å². The second kappa shape index (κ2) is 10.1. The van der Waals surface area contributed by atoms with E-state index in [1.165, 1.54) is 25.3 Å². The molecule has 0 saturated carbocycles. The second-order valence-corrected chi connectivity index (χ2v) is 9.50. The topological polar surface area (TPSA) is 93.7 Å². The molecule has 0 fully saturated rings. The van der Waals surface area contributed by atoms with Gasteiger partial charge in [0.05, 0.1) is 24.9 Å². The van der Waals surface area contributed by atoms with Gasteiger partial charge in [0, 0.05) is 12.1 Å². The van der Waals surface area contributed by atoms with E-state index < -0.39 is 15.9 Å². The summed E-state index contributed by atoms with van der Waals surface area (Å²) < 4.78 is 39.0. The maximum Gasteiger partial charge on any atom is 0.263 e. The van der Waals surface area contributed by atoms with Crippen LogP contribution in [0.2, 0.25) is 5.02 Å². The van der Waals surface area contributed by atoms with Gasteiger partial charge < -0.3 is 14.8 Å². The zero-order valence-electron chi connectivity index (χ0n) is 18.7. The monoisotopic (exact) mass is 488 g/mol. The third-order valence-electron chi connectivity index (χ3n) is 5.01. The van der Waals surface area contributed by atoms with Gasteiger partial charge in [-0.1, -0.05) is 35.4 Å². The van der Waals surface area contributed by atoms with Gasteiger partial charge in [0.1, 0.15) is 4.90 Å². The van der Waals surface area contributed by atoms with E-state index in [-0.39, 0.29) is 22.0 Å². The maximum absolute atomic E-state index is 13.0. The number of carbonyl (C=O) groups is 1. The largest absolute Gasteiger partial charge is 0.493 e. The molecule has 0 atom stereocenters. The lowest BCUT2D eigenvalue weighted by atomic mass is 10.1. The Morgan fingerprint density at radius 2 is 1.67 bits per heavy atom. The molecule has 0 bridgehead atoms. The van der Waals surface area contributed by atoms with Crippen LogP contribution >= 0.6 is 11.6 Å². The highest BCUT2D eigenvalue weighted by atomic mass is 35.5. The molecule has 2 N–H and O–H groups in total. The molecule has 174 valence electrons. The summed E-state index contributed by atoms with van der Waals surface area (Å²) >= 11 is 6.17. The van der Waals surface area contributed by atoms with Crippen LogP contribution in [0.25, 0.3) is 0 Å². The smallest absolute Gasteiger partial charge is 0.263 e. The van der Waals surface area contributed by atoms with Gasteiger partial charge in [-0.05, 0) is 61.4 Å². The quantitative estimate of drug-likeness (QED) is 0.479. The van der Waals surface area contributed by atoms with Gasteiger partial charge >= 0.3 is 0 Å². The SMILES string of the molecule is COc1ccc(CNC(=O)c2ccc(Cl)c(S(=O)(=O)Nc3ccc(C)cc3C)c2)cc1OC. The molecule has 0 aliphatic rings. The summed E-state index contributed by atoms with van der Waals surface area (Å²) in [5, 5.41) is 2.79. The first kappa shape index (κ1) is 24.4. The number of aryl methyl sites for hydroxylation is 2. The molecule has 0 aliphatic carbocycles. The number of hydrogen-bond acceptors (Lipinski definition) is 5. The molecule has 0 radical (unpaired) electrons. The van der Waals surface area contributed by atoms with Crippen molar-refractivity contribution in [1.29, 1.82) is 0 Å². The number of anilines is 1. The Kier molecular flexibility index (Phi) is 7.50. The fourth-order valence-corrected chi connectivity index (χ4v) is 4.91. The van der Waals surface area contributed by atoms with Crippen LogP contribution in [0.15, 0.2) is 59.5 Å². The first-order chi connectivity index (χ1) is 15.6. The van der Waals surface area contributed by atoms with E-state index in [9.17, 15) is 13.2 Å². The molecule has 3 rings (SSSR count). The molecule has 9 heteroatoms. The fraction of sp³-hybridized carbons (Fsp3) is 0.208. The lowest BCUT2D eigenvalue weighted by Crippen LogP contribution is -2.23. The van der Waals surface area contributed by atoms with Gasteiger partial charge in [0.2, 0.25) is 0 Å². The third-order valence-corrected chi connectivity index (χ3v) is 6.86. The predicted octanol–water partition coefficient (Wildman–Crippen LogP) is 4.70. The molecule has 0 aliphatic heterocycles. The average Bonchev–Trinajstić information content (AvgIpc) is 2.79. The van der Waals surface area contributed by atoms with Crippen molar-refractivity contribution in [3.8, 4) is 11.5 Å². The summed E-state index contributed by atoms with van der Waals surface area (Å²) in [4.78, 5) is 12.5. The van der Waals surface area contributed by atoms with Crippen molar-refractivity contribution in [2.24, 2.45) is 0 Å². The minimum absolute atomic E-state index is 0.0173. The van der Waals surface area contributed by atoms with Gasteiger partial charge in [0.15, 0.2) is 11.5 Å². The number of methoxy groups -OCH3 is 2. The highest BCUT2D eigenvalue weighted by molar-refractivity contribution is 7.92. The lowest BCUT2D eigenvalue weighted by molar-refractivity contribution is 0.0950. The van der Waals surface area contributed by atoms with Crippen molar-refractivity contribution in [2.75, 3.05) is 18.9 Å². The van der Waals surface area contributed by atoms with E-state index in [2.05, 4.69) is 10.0 Å². The maximum atomic E-state index is 13.0. The van der Waals surface area contributed by atoms with Crippen molar-refractivity contribution < 1.29 is 22.7 Å². The van der Waals surface area contributed by atoms with Crippen LogP contribution in [0.3, 0.4) is 0 Å². The van der Waals surface area contributed by atoms with Crippen LogP contribution in [-0.2, 0) is 16.6 Å². The Hall–Kier alpha value is -3.23. The second-order valence-electron chi connectivity index (χ2n) is 7.44. The standard InChI is InChI=1S/C24H25ClN2O5S/c1-15-5-9-20(16(2)11-15)27-33(29,30)23-13-18(7-8-19(23)25)24(28)26-14-17-6-10-21(31-3)22(12-17)32-4/h5-13,27H,14H2,1-4H3,(H,26,28). The minimum Gasteiger partial charge on any atom is -0.493 e. The van der Waals surface area contributed by atoms with E-state index in [0.29, 0.717) is 17.2 Å². The van der Waals surface area contributed by atoms with Crippen LogP contribution < -0.4 is 19.5 Å². The Bertz CT molecular complexity index is 1290. The number of amides is 1. The number of benzene rings is 3. The summed E-state index contributed by atoms with van der Waals surface area (Å²) in [6.45, 7) is 3.95. The van der Waals surface area contributed by atoms with Crippen LogP contribution in [0.5, 0.6) is 11.5 Å². The highest BCUT2D eigenvalue weighted by Gasteiger charge is 2.21. The lowest BCUT2D eigenvalue weighted by Gasteiger charge is -2.14. The molecule has 0 saturated heterocycles. The van der Waals surface area contributed by atoms with Gasteiger partial charge in [-0.2, -0.15) is 0 Å². The number of hydrogen-bond donors (Lipinski definition) is 2. The normalized spacial score (nSPS) is 11.1. The van der Waals surface area contributed by atoms with E-state index in [0.717, 1.165) is 16.7 Å². The zero-order valence-corrected chi connectivity index (χ0v) is 20.3. The molecule has 1 amide bonds. The van der Waals surface area contributed by atoms with Crippen LogP contribution in [0.1, 0.15) is 27.0 Å². The summed E-state index contributed by atoms with van der Waals surface area (Å²) in [6.07, 6.45) is 0. The molecule has 3 aromatic rings. The van der Waals surface area contributed by atoms with E-state index in [1.807, 2.05) is 26.0 Å². The molecular weight excluding hydrogens is 464 g/mol. The average molecular weight is 489 g/mol. The molecule has 0 spiro atoms. The van der Waals surface area contributed by atoms with Crippen LogP contribution in [-0.4, -0.2) is 28.5 Å². The molecule has 0 aromatic heterocycles. The molecule has 3 aromatic carbocycles. The number of ether oxygens (including phenoxy) is 2. The van der Waals surface area contributed by atoms with Crippen molar-refractivity contribution in [3.05, 3.63) is 81.9 Å². The van der Waals surface area contributed by atoms with E-state index in [4.69, 9.17) is 21.1 Å². The summed E-state index contributed by atoms with van der Waals surface area (Å²) in [5.74, 6) is 0.683. The molecule has 0 heterocycles. The molecule has 33 heavy (non-hydrogen) atoms. The molecule has 0 unspecified atom stereocenters. The predicted molar refractivity (Wildman–Crippen MR) is 129 cm³/mol. The van der Waals surface area contributed by atoms with E-state index in [1.54, 1.807) is 31.4 Å². The zero-order chi connectivity index (χ0) is 24.2. The minimum atomic E-state index is -4.01. The Labute approximate surface area is 198 Å². The van der Waals surface area contributed by atoms with Gasteiger partial charge in [-0.15, -0.1) is 0 Å². The van der Waals surface area contributed by atoms with Crippen molar-refractivity contribution >= 4 is 33.2 Å². The number of carbonyl (C=O) groups excluding carboxylic acids is 1. The third kappa shape index (κ3) is 5.77. The Balaban J connectivity index is 1.79. The number of sulfonamides is 1. The first-order valence-electron chi connectivity index (χ1n) is 10.0. The van der Waals surface area contributed by atoms with E-state index >= 15 is 0 Å². The van der Waals surface area contributed by atoms with Crippen molar-refractivity contribution in [1.82, 2.24) is 5.32 Å². The van der Waals surface area contributed by atoms with Gasteiger partial charge in [-0.3, -0.25) is 9.52 Å². The molecular formula is C24H25ClN2O5S.